The van der Waals surface area contributed by atoms with Crippen LogP contribution in [-0.2, 0) is 11.3 Å². The van der Waals surface area contributed by atoms with Gasteiger partial charge in [0.25, 0.3) is 0 Å². The van der Waals surface area contributed by atoms with E-state index in [1.165, 1.54) is 0 Å². The van der Waals surface area contributed by atoms with Gasteiger partial charge in [0.05, 0.1) is 19.1 Å². The van der Waals surface area contributed by atoms with Crippen molar-refractivity contribution in [3.8, 4) is 0 Å². The van der Waals surface area contributed by atoms with Gasteiger partial charge in [-0.2, -0.15) is 18.3 Å². The fourth-order valence-electron chi connectivity index (χ4n) is 2.55. The third kappa shape index (κ3) is 5.04. The van der Waals surface area contributed by atoms with Crippen molar-refractivity contribution in [3.05, 3.63) is 18.5 Å². The molecule has 21 heavy (non-hydrogen) atoms. The molecule has 0 spiro atoms. The Morgan fingerprint density at radius 2 is 2.24 bits per heavy atom. The van der Waals surface area contributed by atoms with E-state index in [2.05, 4.69) is 10.4 Å². The zero-order valence-electron chi connectivity index (χ0n) is 11.6. The zero-order chi connectivity index (χ0) is 15.3. The summed E-state index contributed by atoms with van der Waals surface area (Å²) in [4.78, 5) is 13.8. The van der Waals surface area contributed by atoms with Crippen LogP contribution in [0.5, 0.6) is 0 Å². The first-order chi connectivity index (χ1) is 9.96. The number of rotatable bonds is 6. The maximum atomic E-state index is 12.1. The average Bonchev–Trinajstić information content (AvgIpc) is 3.05. The van der Waals surface area contributed by atoms with Gasteiger partial charge in [-0.15, -0.1) is 0 Å². The minimum Gasteiger partial charge on any atom is -0.338 e. The highest BCUT2D eigenvalue weighted by Crippen LogP contribution is 2.19. The molecular weight excluding hydrogens is 285 g/mol. The molecular formula is C13H19F3N4O. The van der Waals surface area contributed by atoms with E-state index in [1.54, 1.807) is 15.8 Å². The van der Waals surface area contributed by atoms with E-state index >= 15 is 0 Å². The quantitative estimate of drug-likeness (QED) is 0.809. The highest BCUT2D eigenvalue weighted by molar-refractivity contribution is 5.77. The summed E-state index contributed by atoms with van der Waals surface area (Å²) in [5.41, 5.74) is 0. The molecule has 2 heterocycles. The Morgan fingerprint density at radius 1 is 1.43 bits per heavy atom. The Kier molecular flexibility index (Phi) is 5.22. The van der Waals surface area contributed by atoms with Crippen molar-refractivity contribution >= 4 is 5.91 Å². The number of amides is 1. The number of aromatic nitrogens is 2. The van der Waals surface area contributed by atoms with Crippen LogP contribution in [0.3, 0.4) is 0 Å². The number of halogens is 3. The molecule has 1 aliphatic rings. The molecule has 118 valence electrons. The van der Waals surface area contributed by atoms with E-state index in [-0.39, 0.29) is 24.9 Å². The molecule has 1 fully saturated rings. The highest BCUT2D eigenvalue weighted by atomic mass is 19.4. The first kappa shape index (κ1) is 15.8. The normalized spacial score (nSPS) is 19.2. The van der Waals surface area contributed by atoms with Gasteiger partial charge in [-0.1, -0.05) is 0 Å². The lowest BCUT2D eigenvalue weighted by Crippen LogP contribution is -2.40. The van der Waals surface area contributed by atoms with Crippen molar-refractivity contribution in [2.45, 2.75) is 38.0 Å². The molecule has 0 radical (unpaired) electrons. The van der Waals surface area contributed by atoms with Crippen molar-refractivity contribution in [1.82, 2.24) is 20.0 Å². The van der Waals surface area contributed by atoms with E-state index in [1.807, 2.05) is 12.3 Å². The minimum atomic E-state index is -4.24. The standard InChI is InChI=1S/C13H19F3N4O/c14-13(15,16)10-17-6-4-12(21)20-8-1-3-11(20)9-19-7-2-5-18-19/h2,5,7,11,17H,1,3-4,6,8-10H2/t11-/m0/s1. The Labute approximate surface area is 121 Å². The number of carbonyl (C=O) groups is 1. The van der Waals surface area contributed by atoms with Crippen LogP contribution in [0.15, 0.2) is 18.5 Å². The van der Waals surface area contributed by atoms with Crippen molar-refractivity contribution in [2.75, 3.05) is 19.6 Å². The number of alkyl halides is 3. The van der Waals surface area contributed by atoms with Gasteiger partial charge in [-0.3, -0.25) is 9.48 Å². The van der Waals surface area contributed by atoms with Crippen molar-refractivity contribution in [1.29, 1.82) is 0 Å². The number of hydrogen-bond donors (Lipinski definition) is 1. The third-order valence-corrected chi connectivity index (χ3v) is 3.50. The van der Waals surface area contributed by atoms with E-state index in [0.29, 0.717) is 13.1 Å². The van der Waals surface area contributed by atoms with Crippen LogP contribution in [0.4, 0.5) is 13.2 Å². The molecule has 1 saturated heterocycles. The second-order valence-electron chi connectivity index (χ2n) is 5.15. The second kappa shape index (κ2) is 6.93. The molecule has 1 aromatic heterocycles. The molecule has 0 saturated carbocycles. The van der Waals surface area contributed by atoms with E-state index in [4.69, 9.17) is 0 Å². The molecule has 2 rings (SSSR count). The first-order valence-electron chi connectivity index (χ1n) is 7.00. The van der Waals surface area contributed by atoms with Gasteiger partial charge in [0.2, 0.25) is 5.91 Å². The summed E-state index contributed by atoms with van der Waals surface area (Å²) in [6, 6.07) is 1.90. The zero-order valence-corrected chi connectivity index (χ0v) is 11.6. The summed E-state index contributed by atoms with van der Waals surface area (Å²) in [7, 11) is 0. The smallest absolute Gasteiger partial charge is 0.338 e. The van der Waals surface area contributed by atoms with Crippen molar-refractivity contribution in [2.24, 2.45) is 0 Å². The van der Waals surface area contributed by atoms with Crippen molar-refractivity contribution in [3.63, 3.8) is 0 Å². The lowest BCUT2D eigenvalue weighted by molar-refractivity contribution is -0.134. The average molecular weight is 304 g/mol. The molecule has 0 unspecified atom stereocenters. The van der Waals surface area contributed by atoms with Crippen molar-refractivity contribution < 1.29 is 18.0 Å². The van der Waals surface area contributed by atoms with Crippen LogP contribution in [0, 0.1) is 0 Å². The maximum absolute atomic E-state index is 12.1. The number of nitrogens with one attached hydrogen (secondary N) is 1. The summed E-state index contributed by atoms with van der Waals surface area (Å²) in [6.07, 6.45) is 1.20. The summed E-state index contributed by atoms with van der Waals surface area (Å²) >= 11 is 0. The van der Waals surface area contributed by atoms with Gasteiger partial charge in [-0.05, 0) is 18.9 Å². The van der Waals surface area contributed by atoms with Crippen LogP contribution in [0.1, 0.15) is 19.3 Å². The van der Waals surface area contributed by atoms with Crippen LogP contribution < -0.4 is 5.32 Å². The van der Waals surface area contributed by atoms with Gasteiger partial charge < -0.3 is 10.2 Å². The fraction of sp³-hybridized carbons (Fsp3) is 0.692. The van der Waals surface area contributed by atoms with Crippen LogP contribution >= 0.6 is 0 Å². The number of hydrogen-bond acceptors (Lipinski definition) is 3. The molecule has 5 nitrogen and oxygen atoms in total. The number of carbonyl (C=O) groups excluding carboxylic acids is 1. The highest BCUT2D eigenvalue weighted by Gasteiger charge is 2.29. The Bertz CT molecular complexity index is 447. The number of likely N-dealkylation sites (tertiary alicyclic amines) is 1. The molecule has 0 aromatic carbocycles. The molecule has 1 aromatic rings. The predicted molar refractivity (Wildman–Crippen MR) is 70.5 cm³/mol. The summed E-state index contributed by atoms with van der Waals surface area (Å²) < 4.78 is 37.7. The minimum absolute atomic E-state index is 0.0450. The Morgan fingerprint density at radius 3 is 2.90 bits per heavy atom. The predicted octanol–water partition coefficient (Wildman–Crippen LogP) is 1.42. The molecule has 8 heteroatoms. The second-order valence-corrected chi connectivity index (χ2v) is 5.15. The summed E-state index contributed by atoms with van der Waals surface area (Å²) in [5.74, 6) is -0.0978. The van der Waals surface area contributed by atoms with Gasteiger partial charge in [0.1, 0.15) is 0 Å². The monoisotopic (exact) mass is 304 g/mol. The molecule has 1 atom stereocenters. The molecule has 1 amide bonds. The lowest BCUT2D eigenvalue weighted by atomic mass is 10.2. The van der Waals surface area contributed by atoms with Crippen LogP contribution in [0.25, 0.3) is 0 Å². The SMILES string of the molecule is O=C(CCNCC(F)(F)F)N1CCC[C@H]1Cn1cccn1. The number of nitrogens with zero attached hydrogens (tertiary/aromatic N) is 3. The van der Waals surface area contributed by atoms with Crippen LogP contribution in [-0.4, -0.2) is 52.4 Å². The lowest BCUT2D eigenvalue weighted by Gasteiger charge is -2.25. The van der Waals surface area contributed by atoms with E-state index in [0.717, 1.165) is 12.8 Å². The third-order valence-electron chi connectivity index (χ3n) is 3.50. The van der Waals surface area contributed by atoms with Gasteiger partial charge >= 0.3 is 6.18 Å². The van der Waals surface area contributed by atoms with Gasteiger partial charge in [0.15, 0.2) is 0 Å². The van der Waals surface area contributed by atoms with Gasteiger partial charge in [0, 0.05) is 31.9 Å². The molecule has 0 bridgehead atoms. The van der Waals surface area contributed by atoms with E-state index in [9.17, 15) is 18.0 Å². The Hall–Kier alpha value is -1.57. The maximum Gasteiger partial charge on any atom is 0.401 e. The van der Waals surface area contributed by atoms with E-state index < -0.39 is 12.7 Å². The molecule has 1 aliphatic heterocycles. The summed E-state index contributed by atoms with van der Waals surface area (Å²) in [6.45, 7) is 0.291. The topological polar surface area (TPSA) is 50.2 Å². The molecule has 0 aliphatic carbocycles. The van der Waals surface area contributed by atoms with Crippen LogP contribution in [0.2, 0.25) is 0 Å². The largest absolute Gasteiger partial charge is 0.401 e. The van der Waals surface area contributed by atoms with Gasteiger partial charge in [-0.25, -0.2) is 0 Å². The Balaban J connectivity index is 1.75. The fourth-order valence-corrected chi connectivity index (χ4v) is 2.55. The summed E-state index contributed by atoms with van der Waals surface area (Å²) in [5, 5.41) is 6.37. The first-order valence-corrected chi connectivity index (χ1v) is 7.00. The molecule has 1 N–H and O–H groups in total.